The number of hydrogen-bond donors (Lipinski definition) is 2. The number of rotatable bonds is 7. The zero-order chi connectivity index (χ0) is 17.5. The molecule has 25 heavy (non-hydrogen) atoms. The minimum atomic E-state index is -0.0125. The van der Waals surface area contributed by atoms with Crippen LogP contribution in [0, 0.1) is 6.92 Å². The van der Waals surface area contributed by atoms with E-state index < -0.39 is 0 Å². The van der Waals surface area contributed by atoms with Gasteiger partial charge in [-0.2, -0.15) is 0 Å². The van der Waals surface area contributed by atoms with Crippen molar-refractivity contribution in [1.82, 2.24) is 15.3 Å². The minimum Gasteiger partial charge on any atom is -0.355 e. The van der Waals surface area contributed by atoms with E-state index in [4.69, 9.17) is 0 Å². The highest BCUT2D eigenvalue weighted by Crippen LogP contribution is 2.20. The van der Waals surface area contributed by atoms with Crippen LogP contribution in [0.15, 0.2) is 54.0 Å². The van der Waals surface area contributed by atoms with Crippen molar-refractivity contribution in [3.8, 4) is 0 Å². The van der Waals surface area contributed by atoms with Crippen molar-refractivity contribution in [2.75, 3.05) is 11.9 Å². The molecule has 128 valence electrons. The molecule has 0 bridgehead atoms. The molecule has 0 saturated heterocycles. The molecule has 0 aliphatic rings. The van der Waals surface area contributed by atoms with Gasteiger partial charge in [-0.25, -0.2) is 9.97 Å². The molecule has 2 heterocycles. The van der Waals surface area contributed by atoms with Crippen LogP contribution in [0.2, 0.25) is 0 Å². The van der Waals surface area contributed by atoms with Gasteiger partial charge in [0.1, 0.15) is 5.82 Å². The Bertz CT molecular complexity index is 832. The Labute approximate surface area is 151 Å². The normalized spacial score (nSPS) is 10.4. The van der Waals surface area contributed by atoms with Gasteiger partial charge in [0.05, 0.1) is 12.1 Å². The molecule has 0 saturated carbocycles. The number of amides is 1. The number of pyridine rings is 1. The average molecular weight is 352 g/mol. The second-order valence-corrected chi connectivity index (χ2v) is 6.61. The predicted molar refractivity (Wildman–Crippen MR) is 101 cm³/mol. The number of aryl methyl sites for hydroxylation is 1. The van der Waals surface area contributed by atoms with Crippen LogP contribution < -0.4 is 10.6 Å². The van der Waals surface area contributed by atoms with Crippen molar-refractivity contribution in [2.45, 2.75) is 19.8 Å². The highest BCUT2D eigenvalue weighted by molar-refractivity contribution is 7.13. The zero-order valence-corrected chi connectivity index (χ0v) is 14.8. The highest BCUT2D eigenvalue weighted by Gasteiger charge is 2.08. The molecule has 2 aromatic heterocycles. The summed E-state index contributed by atoms with van der Waals surface area (Å²) >= 11 is 1.47. The van der Waals surface area contributed by atoms with E-state index in [1.54, 1.807) is 6.20 Å². The molecular weight excluding hydrogens is 332 g/mol. The summed E-state index contributed by atoms with van der Waals surface area (Å²) in [6.45, 7) is 2.64. The fourth-order valence-corrected chi connectivity index (χ4v) is 3.09. The summed E-state index contributed by atoms with van der Waals surface area (Å²) in [6.07, 6.45) is 2.87. The molecule has 6 heteroatoms. The van der Waals surface area contributed by atoms with Crippen LogP contribution in [0.4, 0.5) is 10.9 Å². The maximum Gasteiger partial charge on any atom is 0.226 e. The summed E-state index contributed by atoms with van der Waals surface area (Å²) < 4.78 is 0. The van der Waals surface area contributed by atoms with E-state index in [0.717, 1.165) is 28.6 Å². The fraction of sp³-hybridized carbons (Fsp3) is 0.211. The molecule has 0 fully saturated rings. The summed E-state index contributed by atoms with van der Waals surface area (Å²) in [5.74, 6) is 0.745. The van der Waals surface area contributed by atoms with Crippen LogP contribution in [-0.2, 0) is 17.6 Å². The van der Waals surface area contributed by atoms with Crippen molar-refractivity contribution in [1.29, 1.82) is 0 Å². The zero-order valence-electron chi connectivity index (χ0n) is 14.0. The van der Waals surface area contributed by atoms with Gasteiger partial charge in [-0.15, -0.1) is 11.3 Å². The lowest BCUT2D eigenvalue weighted by Crippen LogP contribution is -2.27. The number of benzene rings is 1. The predicted octanol–water partition coefficient (Wildman–Crippen LogP) is 3.49. The minimum absolute atomic E-state index is 0.0125. The second-order valence-electron chi connectivity index (χ2n) is 5.75. The van der Waals surface area contributed by atoms with Crippen LogP contribution in [0.1, 0.15) is 16.8 Å². The number of nitrogens with one attached hydrogen (secondary N) is 2. The first-order chi connectivity index (χ1) is 12.2. The summed E-state index contributed by atoms with van der Waals surface area (Å²) in [7, 11) is 0. The lowest BCUT2D eigenvalue weighted by molar-refractivity contribution is -0.120. The third-order valence-corrected chi connectivity index (χ3v) is 4.43. The Morgan fingerprint density at radius 1 is 1.20 bits per heavy atom. The molecule has 2 N–H and O–H groups in total. The molecule has 0 radical (unpaired) electrons. The molecule has 0 aliphatic carbocycles. The van der Waals surface area contributed by atoms with Crippen LogP contribution in [-0.4, -0.2) is 22.4 Å². The standard InChI is InChI=1S/C19H20N4OS/c1-14-7-9-20-17(11-14)23-19-22-16(13-25-19)12-18(24)21-10-8-15-5-3-2-4-6-15/h2-7,9,11,13H,8,10,12H2,1H3,(H,21,24)(H,20,22,23). The number of nitrogens with zero attached hydrogens (tertiary/aromatic N) is 2. The van der Waals surface area contributed by atoms with Gasteiger partial charge in [-0.1, -0.05) is 30.3 Å². The average Bonchev–Trinajstić information content (AvgIpc) is 3.02. The van der Waals surface area contributed by atoms with Gasteiger partial charge in [0, 0.05) is 18.1 Å². The Hall–Kier alpha value is -2.73. The van der Waals surface area contributed by atoms with E-state index in [1.807, 2.05) is 42.6 Å². The maximum absolute atomic E-state index is 12.0. The molecule has 5 nitrogen and oxygen atoms in total. The molecule has 0 aliphatic heterocycles. The van der Waals surface area contributed by atoms with Crippen LogP contribution in [0.25, 0.3) is 0 Å². The second kappa shape index (κ2) is 8.39. The van der Waals surface area contributed by atoms with E-state index >= 15 is 0 Å². The van der Waals surface area contributed by atoms with Crippen LogP contribution in [0.5, 0.6) is 0 Å². The van der Waals surface area contributed by atoms with E-state index in [2.05, 4.69) is 32.7 Å². The van der Waals surface area contributed by atoms with Gasteiger partial charge in [0.15, 0.2) is 5.13 Å². The molecule has 3 rings (SSSR count). The summed E-state index contributed by atoms with van der Waals surface area (Å²) in [5, 5.41) is 8.75. The van der Waals surface area contributed by atoms with Crippen molar-refractivity contribution in [3.63, 3.8) is 0 Å². The van der Waals surface area contributed by atoms with Gasteiger partial charge >= 0.3 is 0 Å². The monoisotopic (exact) mass is 352 g/mol. The van der Waals surface area contributed by atoms with E-state index in [9.17, 15) is 4.79 Å². The fourth-order valence-electron chi connectivity index (χ4n) is 2.38. The highest BCUT2D eigenvalue weighted by atomic mass is 32.1. The number of aromatic nitrogens is 2. The largest absolute Gasteiger partial charge is 0.355 e. The van der Waals surface area contributed by atoms with Crippen molar-refractivity contribution in [3.05, 3.63) is 70.9 Å². The molecule has 3 aromatic rings. The van der Waals surface area contributed by atoms with Gasteiger partial charge in [-0.05, 0) is 36.6 Å². The molecule has 0 unspecified atom stereocenters. The lowest BCUT2D eigenvalue weighted by atomic mass is 10.1. The first-order valence-electron chi connectivity index (χ1n) is 8.14. The molecular formula is C19H20N4OS. The van der Waals surface area contributed by atoms with E-state index in [0.29, 0.717) is 6.54 Å². The molecule has 0 spiro atoms. The number of thiazole rings is 1. The van der Waals surface area contributed by atoms with E-state index in [-0.39, 0.29) is 12.3 Å². The third-order valence-electron chi connectivity index (χ3n) is 3.62. The Morgan fingerprint density at radius 2 is 2.04 bits per heavy atom. The topological polar surface area (TPSA) is 66.9 Å². The summed E-state index contributed by atoms with van der Waals surface area (Å²) in [5.41, 5.74) is 3.11. The summed E-state index contributed by atoms with van der Waals surface area (Å²) in [4.78, 5) is 20.7. The lowest BCUT2D eigenvalue weighted by Gasteiger charge is -2.04. The SMILES string of the molecule is Cc1ccnc(Nc2nc(CC(=O)NCCc3ccccc3)cs2)c1. The smallest absolute Gasteiger partial charge is 0.226 e. The Kier molecular flexibility index (Phi) is 5.74. The molecule has 1 aromatic carbocycles. The number of hydrogen-bond acceptors (Lipinski definition) is 5. The van der Waals surface area contributed by atoms with Gasteiger partial charge < -0.3 is 10.6 Å². The first-order valence-corrected chi connectivity index (χ1v) is 9.02. The first kappa shape index (κ1) is 17.1. The van der Waals surface area contributed by atoms with Crippen molar-refractivity contribution < 1.29 is 4.79 Å². The molecule has 0 atom stereocenters. The van der Waals surface area contributed by atoms with Crippen molar-refractivity contribution >= 4 is 28.2 Å². The van der Waals surface area contributed by atoms with Gasteiger partial charge in [-0.3, -0.25) is 4.79 Å². The van der Waals surface area contributed by atoms with Gasteiger partial charge in [0.2, 0.25) is 5.91 Å². The Balaban J connectivity index is 1.46. The maximum atomic E-state index is 12.0. The quantitative estimate of drug-likeness (QED) is 0.683. The number of anilines is 2. The van der Waals surface area contributed by atoms with E-state index in [1.165, 1.54) is 16.9 Å². The third kappa shape index (κ3) is 5.39. The molecule has 1 amide bonds. The number of carbonyl (C=O) groups excluding carboxylic acids is 1. The van der Waals surface area contributed by atoms with Crippen molar-refractivity contribution in [2.24, 2.45) is 0 Å². The number of carbonyl (C=O) groups is 1. The summed E-state index contributed by atoms with van der Waals surface area (Å²) in [6, 6.07) is 14.0. The Morgan fingerprint density at radius 3 is 2.84 bits per heavy atom. The van der Waals surface area contributed by atoms with Gasteiger partial charge in [0.25, 0.3) is 0 Å². The van der Waals surface area contributed by atoms with Crippen LogP contribution >= 0.6 is 11.3 Å². The van der Waals surface area contributed by atoms with Crippen LogP contribution in [0.3, 0.4) is 0 Å².